The van der Waals surface area contributed by atoms with Gasteiger partial charge in [0.05, 0.1) is 17.3 Å². The van der Waals surface area contributed by atoms with E-state index in [0.29, 0.717) is 11.2 Å². The second kappa shape index (κ2) is 7.24. The monoisotopic (exact) mass is 280 g/mol. The Hall–Kier alpha value is 0.580. The number of hydrogen-bond donors (Lipinski definition) is 1. The van der Waals surface area contributed by atoms with Crippen LogP contribution in [-0.2, 0) is 9.47 Å². The van der Waals surface area contributed by atoms with Crippen molar-refractivity contribution in [2.24, 2.45) is 0 Å². The van der Waals surface area contributed by atoms with E-state index < -0.39 is 11.9 Å². The number of hydrogen-bond acceptors (Lipinski definition) is 5. The van der Waals surface area contributed by atoms with Gasteiger partial charge in [-0.15, -0.1) is 23.5 Å². The minimum Gasteiger partial charge on any atom is -0.390 e. The quantitative estimate of drug-likeness (QED) is 0.726. The molecule has 0 radical (unpaired) electrons. The van der Waals surface area contributed by atoms with E-state index in [-0.39, 0.29) is 6.10 Å². The molecule has 17 heavy (non-hydrogen) atoms. The molecule has 0 aromatic heterocycles. The molecule has 0 aromatic rings. The van der Waals surface area contributed by atoms with Crippen LogP contribution in [-0.4, -0.2) is 45.8 Å². The Morgan fingerprint density at radius 2 is 1.88 bits per heavy atom. The van der Waals surface area contributed by atoms with Crippen molar-refractivity contribution in [3.8, 4) is 0 Å². The van der Waals surface area contributed by atoms with E-state index in [4.69, 9.17) is 9.47 Å². The lowest BCUT2D eigenvalue weighted by molar-refractivity contribution is -0.151. The first kappa shape index (κ1) is 15.6. The summed E-state index contributed by atoms with van der Waals surface area (Å²) in [6.07, 6.45) is 0.156. The third kappa shape index (κ3) is 5.39. The van der Waals surface area contributed by atoms with Crippen molar-refractivity contribution < 1.29 is 14.6 Å². The molecule has 1 heterocycles. The molecule has 5 heteroatoms. The smallest absolute Gasteiger partial charge is 0.163 e. The summed E-state index contributed by atoms with van der Waals surface area (Å²) in [5.74, 6) is 1.62. The highest BCUT2D eigenvalue weighted by molar-refractivity contribution is 8.16. The Bertz CT molecular complexity index is 218. The lowest BCUT2D eigenvalue weighted by Gasteiger charge is -2.23. The summed E-state index contributed by atoms with van der Waals surface area (Å²) in [6.45, 7) is 8.57. The van der Waals surface area contributed by atoms with Gasteiger partial charge in [-0.3, -0.25) is 0 Å². The number of rotatable bonds is 7. The fourth-order valence-corrected chi connectivity index (χ4v) is 4.42. The van der Waals surface area contributed by atoms with E-state index in [0.717, 1.165) is 17.9 Å². The number of aliphatic hydroxyl groups is 1. The summed E-state index contributed by atoms with van der Waals surface area (Å²) in [5, 5.41) is 10.2. The van der Waals surface area contributed by atoms with E-state index in [9.17, 15) is 5.11 Å². The molecule has 1 N–H and O–H groups in total. The molecule has 0 aromatic carbocycles. The van der Waals surface area contributed by atoms with Gasteiger partial charge in [-0.1, -0.05) is 13.8 Å². The number of thioether (sulfide) groups is 2. The van der Waals surface area contributed by atoms with Crippen LogP contribution in [0.3, 0.4) is 0 Å². The molecule has 0 unspecified atom stereocenters. The van der Waals surface area contributed by atoms with Crippen molar-refractivity contribution in [1.82, 2.24) is 0 Å². The van der Waals surface area contributed by atoms with Crippen molar-refractivity contribution in [2.75, 3.05) is 18.1 Å². The first-order chi connectivity index (χ1) is 7.98. The average molecular weight is 280 g/mol. The molecular formula is C12H24O3S2. The molecule has 1 aliphatic rings. The van der Waals surface area contributed by atoms with Crippen molar-refractivity contribution in [3.05, 3.63) is 0 Å². The zero-order valence-electron chi connectivity index (χ0n) is 11.1. The predicted molar refractivity (Wildman–Crippen MR) is 75.6 cm³/mol. The van der Waals surface area contributed by atoms with Gasteiger partial charge < -0.3 is 14.6 Å². The summed E-state index contributed by atoms with van der Waals surface area (Å²) in [7, 11) is 0. The van der Waals surface area contributed by atoms with Crippen molar-refractivity contribution in [3.63, 3.8) is 0 Å². The van der Waals surface area contributed by atoms with Crippen LogP contribution in [0.2, 0.25) is 0 Å². The Kier molecular flexibility index (Phi) is 6.66. The number of aliphatic hydroxyl groups excluding tert-OH is 1. The Balaban J connectivity index is 2.38. The van der Waals surface area contributed by atoms with E-state index >= 15 is 0 Å². The molecule has 102 valence electrons. The first-order valence-electron chi connectivity index (χ1n) is 6.21. The van der Waals surface area contributed by atoms with E-state index in [1.54, 1.807) is 0 Å². The highest BCUT2D eigenvalue weighted by Gasteiger charge is 2.37. The molecule has 1 rings (SSSR count). The molecule has 0 amide bonds. The van der Waals surface area contributed by atoms with Gasteiger partial charge >= 0.3 is 0 Å². The summed E-state index contributed by atoms with van der Waals surface area (Å²) in [6, 6.07) is 0. The standard InChI is InChI=1S/C12H24O3S2/c1-5-16-11(17-6-2)7-9(13)10-8-14-12(3,4)15-10/h9-11,13H,5-8H2,1-4H3/t9-,10+/m0/s1. The molecule has 0 saturated carbocycles. The van der Waals surface area contributed by atoms with Crippen molar-refractivity contribution >= 4 is 23.5 Å². The zero-order valence-corrected chi connectivity index (χ0v) is 12.8. The highest BCUT2D eigenvalue weighted by Crippen LogP contribution is 2.31. The van der Waals surface area contributed by atoms with Gasteiger partial charge in [0.1, 0.15) is 6.10 Å². The van der Waals surface area contributed by atoms with E-state index in [1.165, 1.54) is 0 Å². The molecular weight excluding hydrogens is 256 g/mol. The van der Waals surface area contributed by atoms with Gasteiger partial charge in [-0.2, -0.15) is 0 Å². The second-order valence-electron chi connectivity index (χ2n) is 4.51. The molecule has 1 saturated heterocycles. The molecule has 0 bridgehead atoms. The van der Waals surface area contributed by atoms with Crippen LogP contribution >= 0.6 is 23.5 Å². The Morgan fingerprint density at radius 1 is 1.29 bits per heavy atom. The van der Waals surface area contributed by atoms with E-state index in [2.05, 4.69) is 13.8 Å². The maximum Gasteiger partial charge on any atom is 0.163 e. The summed E-state index contributed by atoms with van der Waals surface area (Å²) in [5.41, 5.74) is 0. The maximum absolute atomic E-state index is 10.2. The Morgan fingerprint density at radius 3 is 2.29 bits per heavy atom. The van der Waals surface area contributed by atoms with E-state index in [1.807, 2.05) is 37.4 Å². The van der Waals surface area contributed by atoms with Gasteiger partial charge in [0.2, 0.25) is 0 Å². The predicted octanol–water partition coefficient (Wildman–Crippen LogP) is 2.72. The molecule has 0 spiro atoms. The third-order valence-corrected chi connectivity index (χ3v) is 5.21. The fraction of sp³-hybridized carbons (Fsp3) is 1.00. The minimum atomic E-state index is -0.545. The largest absolute Gasteiger partial charge is 0.390 e. The van der Waals surface area contributed by atoms with Gasteiger partial charge in [-0.25, -0.2) is 0 Å². The first-order valence-corrected chi connectivity index (χ1v) is 8.31. The second-order valence-corrected chi connectivity index (χ2v) is 7.77. The van der Waals surface area contributed by atoms with Crippen molar-refractivity contribution in [1.29, 1.82) is 0 Å². The van der Waals surface area contributed by atoms with Crippen LogP contribution in [0, 0.1) is 0 Å². The minimum absolute atomic E-state index is 0.178. The molecule has 3 nitrogen and oxygen atoms in total. The molecule has 1 fully saturated rings. The van der Waals surface area contributed by atoms with Crippen LogP contribution in [0.25, 0.3) is 0 Å². The Labute approximate surface area is 113 Å². The van der Waals surface area contributed by atoms with Gasteiger partial charge in [0, 0.05) is 0 Å². The fourth-order valence-electron chi connectivity index (χ4n) is 1.81. The zero-order chi connectivity index (χ0) is 12.9. The maximum atomic E-state index is 10.2. The normalized spacial score (nSPS) is 25.4. The number of ether oxygens (including phenoxy) is 2. The van der Waals surface area contributed by atoms with Crippen molar-refractivity contribution in [2.45, 2.75) is 56.7 Å². The SMILES string of the molecule is CCSC(C[C@H](O)[C@H]1COC(C)(C)O1)SCC. The summed E-state index contributed by atoms with van der Waals surface area (Å²) >= 11 is 3.79. The van der Waals surface area contributed by atoms with Crippen LogP contribution in [0.1, 0.15) is 34.1 Å². The lowest BCUT2D eigenvalue weighted by Crippen LogP contribution is -2.32. The van der Waals surface area contributed by atoms with Gasteiger partial charge in [-0.05, 0) is 31.8 Å². The van der Waals surface area contributed by atoms with Gasteiger partial charge in [0.15, 0.2) is 5.79 Å². The van der Waals surface area contributed by atoms with Crippen LogP contribution < -0.4 is 0 Å². The van der Waals surface area contributed by atoms with Gasteiger partial charge in [0.25, 0.3) is 0 Å². The topological polar surface area (TPSA) is 38.7 Å². The molecule has 2 atom stereocenters. The summed E-state index contributed by atoms with van der Waals surface area (Å²) < 4.78 is 11.6. The van der Waals surface area contributed by atoms with Crippen LogP contribution in [0.4, 0.5) is 0 Å². The summed E-state index contributed by atoms with van der Waals surface area (Å²) in [4.78, 5) is 0. The third-order valence-electron chi connectivity index (χ3n) is 2.60. The highest BCUT2D eigenvalue weighted by atomic mass is 32.2. The molecule has 1 aliphatic heterocycles. The molecule has 0 aliphatic carbocycles. The van der Waals surface area contributed by atoms with Crippen LogP contribution in [0.15, 0.2) is 0 Å². The average Bonchev–Trinajstić information content (AvgIpc) is 2.59. The lowest BCUT2D eigenvalue weighted by atomic mass is 10.2. The van der Waals surface area contributed by atoms with Crippen LogP contribution in [0.5, 0.6) is 0 Å².